The zero-order chi connectivity index (χ0) is 12.0. The summed E-state index contributed by atoms with van der Waals surface area (Å²) in [7, 11) is 0. The van der Waals surface area contributed by atoms with Gasteiger partial charge in [0.1, 0.15) is 0 Å². The van der Waals surface area contributed by atoms with E-state index in [0.717, 1.165) is 0 Å². The summed E-state index contributed by atoms with van der Waals surface area (Å²) in [6.07, 6.45) is 1.70. The van der Waals surface area contributed by atoms with Crippen LogP contribution in [0, 0.1) is 0 Å². The molecule has 1 aromatic rings. The number of amides is 1. The summed E-state index contributed by atoms with van der Waals surface area (Å²) >= 11 is 5.77. The summed E-state index contributed by atoms with van der Waals surface area (Å²) in [4.78, 5) is 25.3. The number of pyridine rings is 1. The number of carboxylic acid groups (broad SMARTS) is 1. The van der Waals surface area contributed by atoms with Crippen molar-refractivity contribution in [2.24, 2.45) is 0 Å². The molecule has 0 unspecified atom stereocenters. The maximum Gasteiger partial charge on any atom is 0.225 e. The highest BCUT2D eigenvalue weighted by atomic mass is 35.5. The Morgan fingerprint density at radius 3 is 2.81 bits per heavy atom. The molecule has 86 valence electrons. The van der Waals surface area contributed by atoms with E-state index in [9.17, 15) is 14.7 Å². The van der Waals surface area contributed by atoms with Gasteiger partial charge < -0.3 is 15.2 Å². The highest BCUT2D eigenvalue weighted by Crippen LogP contribution is 2.17. The molecule has 0 aliphatic carbocycles. The summed E-state index contributed by atoms with van der Waals surface area (Å²) in [6.45, 7) is 0. The van der Waals surface area contributed by atoms with Gasteiger partial charge in [0.2, 0.25) is 5.91 Å². The minimum Gasteiger partial charge on any atom is -0.550 e. The van der Waals surface area contributed by atoms with Gasteiger partial charge in [0.15, 0.2) is 5.82 Å². The Balaban J connectivity index is 2.40. The van der Waals surface area contributed by atoms with Crippen molar-refractivity contribution < 1.29 is 14.7 Å². The van der Waals surface area contributed by atoms with Crippen molar-refractivity contribution in [3.63, 3.8) is 0 Å². The predicted molar refractivity (Wildman–Crippen MR) is 56.7 cm³/mol. The van der Waals surface area contributed by atoms with E-state index in [2.05, 4.69) is 10.3 Å². The molecule has 0 atom stereocenters. The summed E-state index contributed by atoms with van der Waals surface area (Å²) in [5, 5.41) is 12.9. The molecule has 16 heavy (non-hydrogen) atoms. The number of rotatable bonds is 5. The summed E-state index contributed by atoms with van der Waals surface area (Å²) in [6, 6.07) is 3.25. The van der Waals surface area contributed by atoms with Crippen LogP contribution in [0.5, 0.6) is 0 Å². The molecule has 1 amide bonds. The van der Waals surface area contributed by atoms with E-state index >= 15 is 0 Å². The summed E-state index contributed by atoms with van der Waals surface area (Å²) in [5.41, 5.74) is 0. The SMILES string of the molecule is O=C([O-])CCCC(=O)Nc1ncccc1Cl. The quantitative estimate of drug-likeness (QED) is 0.818. The van der Waals surface area contributed by atoms with Gasteiger partial charge in [-0.15, -0.1) is 0 Å². The van der Waals surface area contributed by atoms with Crippen LogP contribution >= 0.6 is 11.6 Å². The van der Waals surface area contributed by atoms with Gasteiger partial charge in [0.25, 0.3) is 0 Å². The van der Waals surface area contributed by atoms with E-state index in [-0.39, 0.29) is 31.0 Å². The number of carboxylic acids is 1. The van der Waals surface area contributed by atoms with Crippen molar-refractivity contribution in [3.8, 4) is 0 Å². The highest BCUT2D eigenvalue weighted by Gasteiger charge is 2.05. The summed E-state index contributed by atoms with van der Waals surface area (Å²) < 4.78 is 0. The minimum atomic E-state index is -1.16. The molecule has 0 radical (unpaired) electrons. The Hall–Kier alpha value is -1.62. The largest absolute Gasteiger partial charge is 0.550 e. The maximum atomic E-state index is 11.3. The molecule has 1 aromatic heterocycles. The fraction of sp³-hybridized carbons (Fsp3) is 0.300. The number of aromatic nitrogens is 1. The van der Waals surface area contributed by atoms with Crippen molar-refractivity contribution in [2.45, 2.75) is 19.3 Å². The van der Waals surface area contributed by atoms with Gasteiger partial charge in [0.05, 0.1) is 5.02 Å². The molecule has 0 aromatic carbocycles. The maximum absolute atomic E-state index is 11.3. The number of halogens is 1. The molecule has 0 saturated carbocycles. The van der Waals surface area contributed by atoms with Crippen molar-refractivity contribution >= 4 is 29.3 Å². The van der Waals surface area contributed by atoms with Gasteiger partial charge in [-0.3, -0.25) is 4.79 Å². The van der Waals surface area contributed by atoms with E-state index in [0.29, 0.717) is 5.02 Å². The molecule has 0 aliphatic heterocycles. The number of nitrogens with one attached hydrogen (secondary N) is 1. The first-order chi connectivity index (χ1) is 7.59. The van der Waals surface area contributed by atoms with Crippen LogP contribution < -0.4 is 10.4 Å². The van der Waals surface area contributed by atoms with E-state index in [1.165, 1.54) is 6.20 Å². The fourth-order valence-electron chi connectivity index (χ4n) is 1.07. The lowest BCUT2D eigenvalue weighted by atomic mass is 10.2. The molecular weight excluding hydrogens is 232 g/mol. The lowest BCUT2D eigenvalue weighted by Crippen LogP contribution is -2.22. The third kappa shape index (κ3) is 4.27. The van der Waals surface area contributed by atoms with Crippen LogP contribution in [0.1, 0.15) is 19.3 Å². The van der Waals surface area contributed by atoms with Crippen LogP contribution in [-0.2, 0) is 9.59 Å². The average molecular weight is 242 g/mol. The molecule has 0 aliphatic rings. The molecule has 0 spiro atoms. The lowest BCUT2D eigenvalue weighted by Gasteiger charge is -2.05. The Labute approximate surface area is 97.4 Å². The predicted octanol–water partition coefficient (Wildman–Crippen LogP) is 0.594. The van der Waals surface area contributed by atoms with Crippen molar-refractivity contribution in [1.82, 2.24) is 4.98 Å². The van der Waals surface area contributed by atoms with Gasteiger partial charge >= 0.3 is 0 Å². The van der Waals surface area contributed by atoms with E-state index in [4.69, 9.17) is 11.6 Å². The van der Waals surface area contributed by atoms with Gasteiger partial charge in [0, 0.05) is 18.6 Å². The molecule has 0 bridgehead atoms. The Bertz CT molecular complexity index is 395. The first-order valence-electron chi connectivity index (χ1n) is 4.70. The first-order valence-corrected chi connectivity index (χ1v) is 5.07. The third-order valence-electron chi connectivity index (χ3n) is 1.80. The second kappa shape index (κ2) is 6.07. The van der Waals surface area contributed by atoms with Crippen molar-refractivity contribution in [3.05, 3.63) is 23.4 Å². The Morgan fingerprint density at radius 1 is 1.44 bits per heavy atom. The van der Waals surface area contributed by atoms with Gasteiger partial charge in [-0.25, -0.2) is 4.98 Å². The van der Waals surface area contributed by atoms with Crippen LogP contribution in [0.4, 0.5) is 5.82 Å². The molecular formula is C10H10ClN2O3-. The minimum absolute atomic E-state index is 0.0981. The highest BCUT2D eigenvalue weighted by molar-refractivity contribution is 6.33. The third-order valence-corrected chi connectivity index (χ3v) is 2.11. The molecule has 0 saturated heterocycles. The Kier molecular flexibility index (Phi) is 4.72. The van der Waals surface area contributed by atoms with Crippen molar-refractivity contribution in [1.29, 1.82) is 0 Å². The van der Waals surface area contributed by atoms with Crippen LogP contribution in [0.2, 0.25) is 5.02 Å². The second-order valence-corrected chi connectivity index (χ2v) is 3.51. The molecule has 5 nitrogen and oxygen atoms in total. The topological polar surface area (TPSA) is 82.1 Å². The second-order valence-electron chi connectivity index (χ2n) is 3.11. The number of carbonyl (C=O) groups excluding carboxylic acids is 2. The monoisotopic (exact) mass is 241 g/mol. The number of hydrogen-bond acceptors (Lipinski definition) is 4. The van der Waals surface area contributed by atoms with Gasteiger partial charge in [-0.1, -0.05) is 11.6 Å². The van der Waals surface area contributed by atoms with Crippen LogP contribution in [0.15, 0.2) is 18.3 Å². The fourth-order valence-corrected chi connectivity index (χ4v) is 1.23. The molecule has 0 fully saturated rings. The Morgan fingerprint density at radius 2 is 2.19 bits per heavy atom. The standard InChI is InChI=1S/C10H11ClN2O3/c11-7-3-2-6-12-10(7)13-8(14)4-1-5-9(15)16/h2-3,6H,1,4-5H2,(H,15,16)(H,12,13,14)/p-1. The van der Waals surface area contributed by atoms with E-state index in [1.807, 2.05) is 0 Å². The zero-order valence-corrected chi connectivity index (χ0v) is 9.16. The van der Waals surface area contributed by atoms with Crippen LogP contribution in [0.25, 0.3) is 0 Å². The smallest absolute Gasteiger partial charge is 0.225 e. The number of nitrogens with zero attached hydrogens (tertiary/aromatic N) is 1. The first kappa shape index (κ1) is 12.4. The van der Waals surface area contributed by atoms with E-state index in [1.54, 1.807) is 12.1 Å². The normalized spacial score (nSPS) is 9.81. The average Bonchev–Trinajstić information content (AvgIpc) is 2.21. The number of anilines is 1. The molecule has 1 heterocycles. The van der Waals surface area contributed by atoms with E-state index < -0.39 is 5.97 Å². The lowest BCUT2D eigenvalue weighted by molar-refractivity contribution is -0.305. The van der Waals surface area contributed by atoms with Crippen LogP contribution in [-0.4, -0.2) is 16.9 Å². The number of hydrogen-bond donors (Lipinski definition) is 1. The molecule has 1 N–H and O–H groups in total. The number of carbonyl (C=O) groups is 2. The number of aliphatic carboxylic acids is 1. The summed E-state index contributed by atoms with van der Waals surface area (Å²) in [5.74, 6) is -1.20. The molecule has 6 heteroatoms. The van der Waals surface area contributed by atoms with Crippen LogP contribution in [0.3, 0.4) is 0 Å². The van der Waals surface area contributed by atoms with Gasteiger partial charge in [-0.05, 0) is 25.0 Å². The molecule has 1 rings (SSSR count). The van der Waals surface area contributed by atoms with Crippen molar-refractivity contribution in [2.75, 3.05) is 5.32 Å². The zero-order valence-electron chi connectivity index (χ0n) is 8.40. The van der Waals surface area contributed by atoms with Gasteiger partial charge in [-0.2, -0.15) is 0 Å².